The Morgan fingerprint density at radius 1 is 1.20 bits per heavy atom. The number of rotatable bonds is 3. The summed E-state index contributed by atoms with van der Waals surface area (Å²) in [6.07, 6.45) is 6.98. The number of carbonyl (C=O) groups is 1. The van der Waals surface area contributed by atoms with E-state index in [1.54, 1.807) is 36.4 Å². The fraction of sp³-hybridized carbons (Fsp3) is 0.143. The summed E-state index contributed by atoms with van der Waals surface area (Å²) in [6, 6.07) is 5.11. The van der Waals surface area contributed by atoms with Crippen molar-refractivity contribution in [3.8, 4) is 0 Å². The van der Waals surface area contributed by atoms with Gasteiger partial charge in [0.25, 0.3) is 0 Å². The first kappa shape index (κ1) is 15.6. The van der Waals surface area contributed by atoms with E-state index in [1.807, 2.05) is 0 Å². The van der Waals surface area contributed by atoms with Gasteiger partial charge in [0.2, 0.25) is 0 Å². The fourth-order valence-corrected chi connectivity index (χ4v) is 2.89. The molecule has 2 rings (SSSR count). The lowest BCUT2D eigenvalue weighted by molar-refractivity contribution is -0.110. The summed E-state index contributed by atoms with van der Waals surface area (Å²) in [7, 11) is 0. The number of halogens is 4. The van der Waals surface area contributed by atoms with Gasteiger partial charge in [-0.25, -0.2) is 0 Å². The Kier molecular flexibility index (Phi) is 4.92. The van der Waals surface area contributed by atoms with Gasteiger partial charge in [-0.2, -0.15) is 0 Å². The van der Waals surface area contributed by atoms with Crippen molar-refractivity contribution in [2.24, 2.45) is 10.9 Å². The highest BCUT2D eigenvalue weighted by Gasteiger charge is 2.37. The third kappa shape index (κ3) is 3.09. The second-order valence-corrected chi connectivity index (χ2v) is 6.00. The summed E-state index contributed by atoms with van der Waals surface area (Å²) >= 11 is 24.4. The summed E-state index contributed by atoms with van der Waals surface area (Å²) in [4.78, 5) is 14.1. The fourth-order valence-electron chi connectivity index (χ4n) is 1.76. The van der Waals surface area contributed by atoms with E-state index in [-0.39, 0.29) is 0 Å². The molecule has 1 aromatic rings. The molecule has 0 amide bonds. The van der Waals surface area contributed by atoms with Gasteiger partial charge < -0.3 is 4.79 Å². The van der Waals surface area contributed by atoms with Crippen LogP contribution in [0.4, 0.5) is 0 Å². The molecule has 0 N–H and O–H groups in total. The van der Waals surface area contributed by atoms with Crippen LogP contribution in [-0.2, 0) is 4.79 Å². The Bertz CT molecular complexity index is 603. The van der Waals surface area contributed by atoms with Crippen molar-refractivity contribution in [3.63, 3.8) is 0 Å². The molecule has 0 aromatic heterocycles. The normalized spacial score (nSPS) is 25.8. The zero-order valence-corrected chi connectivity index (χ0v) is 13.1. The predicted octanol–water partition coefficient (Wildman–Crippen LogP) is 4.86. The third-order valence-electron chi connectivity index (χ3n) is 2.85. The van der Waals surface area contributed by atoms with Crippen molar-refractivity contribution in [1.82, 2.24) is 0 Å². The van der Waals surface area contributed by atoms with Crippen LogP contribution >= 0.6 is 46.4 Å². The zero-order valence-electron chi connectivity index (χ0n) is 10.1. The third-order valence-corrected chi connectivity index (χ3v) is 4.32. The quantitative estimate of drug-likeness (QED) is 0.332. The van der Waals surface area contributed by atoms with Crippen LogP contribution in [-0.4, -0.2) is 17.5 Å². The van der Waals surface area contributed by atoms with Crippen LogP contribution in [0.2, 0.25) is 10.0 Å². The van der Waals surface area contributed by atoms with Gasteiger partial charge in [-0.1, -0.05) is 58.5 Å². The van der Waals surface area contributed by atoms with E-state index in [2.05, 4.69) is 4.99 Å². The van der Waals surface area contributed by atoms with Crippen LogP contribution < -0.4 is 0 Å². The van der Waals surface area contributed by atoms with Crippen molar-refractivity contribution in [3.05, 3.63) is 57.1 Å². The van der Waals surface area contributed by atoms with Crippen molar-refractivity contribution < 1.29 is 4.79 Å². The highest BCUT2D eigenvalue weighted by atomic mass is 35.5. The molecule has 0 aliphatic heterocycles. The molecule has 1 aromatic carbocycles. The van der Waals surface area contributed by atoms with Crippen molar-refractivity contribution >= 4 is 58.9 Å². The number of nitrogens with zero attached hydrogens (tertiary/aromatic N) is 1. The summed E-state index contributed by atoms with van der Waals surface area (Å²) in [5, 5.41) is 1.23. The van der Waals surface area contributed by atoms with Gasteiger partial charge in [-0.05, 0) is 24.3 Å². The summed E-state index contributed by atoms with van der Waals surface area (Å²) < 4.78 is 0. The minimum absolute atomic E-state index is 0.333. The molecule has 0 saturated carbocycles. The smallest absolute Gasteiger partial charge is 0.166 e. The van der Waals surface area contributed by atoms with Crippen molar-refractivity contribution in [1.29, 1.82) is 0 Å². The van der Waals surface area contributed by atoms with E-state index >= 15 is 0 Å². The van der Waals surface area contributed by atoms with Crippen LogP contribution in [0.15, 0.2) is 46.5 Å². The number of allylic oxidation sites excluding steroid dienone is 2. The molecule has 104 valence electrons. The maximum absolute atomic E-state index is 11.2. The lowest BCUT2D eigenvalue weighted by Crippen LogP contribution is -2.31. The van der Waals surface area contributed by atoms with Gasteiger partial charge >= 0.3 is 0 Å². The topological polar surface area (TPSA) is 29.4 Å². The molecule has 0 bridgehead atoms. The molecule has 6 heteroatoms. The lowest BCUT2D eigenvalue weighted by atomic mass is 9.96. The summed E-state index contributed by atoms with van der Waals surface area (Å²) in [6.45, 7) is 0. The lowest BCUT2D eigenvalue weighted by Gasteiger charge is -2.27. The molecule has 1 aliphatic rings. The molecule has 2 atom stereocenters. The Hall–Kier alpha value is -0.800. The standard InChI is InChI=1S/C14H9Cl4NO/c15-11-3-1-4-12(16)9(11)7-19-14(18)6-2-5-13(17)10(14)8-20/h1-8,10H/b19-7+. The van der Waals surface area contributed by atoms with E-state index in [9.17, 15) is 4.79 Å². The molecule has 0 saturated heterocycles. The van der Waals surface area contributed by atoms with Crippen LogP contribution in [0, 0.1) is 5.92 Å². The molecule has 2 unspecified atom stereocenters. The largest absolute Gasteiger partial charge is 0.303 e. The molecule has 2 nitrogen and oxygen atoms in total. The average molecular weight is 349 g/mol. The molecule has 20 heavy (non-hydrogen) atoms. The average Bonchev–Trinajstić information content (AvgIpc) is 2.38. The molecule has 1 aliphatic carbocycles. The summed E-state index contributed by atoms with van der Waals surface area (Å²) in [5.74, 6) is -0.742. The van der Waals surface area contributed by atoms with E-state index in [0.29, 0.717) is 26.9 Å². The number of aldehydes is 1. The van der Waals surface area contributed by atoms with Crippen LogP contribution in [0.5, 0.6) is 0 Å². The van der Waals surface area contributed by atoms with Crippen LogP contribution in [0.3, 0.4) is 0 Å². The molecular formula is C14H9Cl4NO. The number of hydrogen-bond donors (Lipinski definition) is 0. The van der Waals surface area contributed by atoms with Gasteiger partial charge in [0.15, 0.2) is 5.00 Å². The number of hydrogen-bond acceptors (Lipinski definition) is 2. The molecular weight excluding hydrogens is 340 g/mol. The molecule has 0 heterocycles. The summed E-state index contributed by atoms with van der Waals surface area (Å²) in [5.41, 5.74) is 0.541. The van der Waals surface area contributed by atoms with Gasteiger partial charge in [0.1, 0.15) is 6.29 Å². The first-order chi connectivity index (χ1) is 9.48. The molecule has 0 spiro atoms. The SMILES string of the molecule is O=CC1C(Cl)=CC=CC1(Cl)/N=C/c1c(Cl)cccc1Cl. The highest BCUT2D eigenvalue weighted by Crippen LogP contribution is 2.38. The Morgan fingerprint density at radius 2 is 1.85 bits per heavy atom. The van der Waals surface area contributed by atoms with E-state index < -0.39 is 10.9 Å². The molecule has 0 fully saturated rings. The highest BCUT2D eigenvalue weighted by molar-refractivity contribution is 6.39. The Labute approximate surface area is 136 Å². The van der Waals surface area contributed by atoms with Gasteiger partial charge in [0.05, 0.1) is 16.0 Å². The molecule has 0 radical (unpaired) electrons. The van der Waals surface area contributed by atoms with Gasteiger partial charge in [0, 0.05) is 16.8 Å². The monoisotopic (exact) mass is 347 g/mol. The predicted molar refractivity (Wildman–Crippen MR) is 85.3 cm³/mol. The van der Waals surface area contributed by atoms with E-state index in [4.69, 9.17) is 46.4 Å². The van der Waals surface area contributed by atoms with Gasteiger partial charge in [-0.15, -0.1) is 0 Å². The second-order valence-electron chi connectivity index (χ2n) is 4.15. The first-order valence-electron chi connectivity index (χ1n) is 5.66. The minimum atomic E-state index is -1.27. The van der Waals surface area contributed by atoms with E-state index in [0.717, 1.165) is 0 Å². The maximum Gasteiger partial charge on any atom is 0.166 e. The number of carbonyl (C=O) groups excluding carboxylic acids is 1. The minimum Gasteiger partial charge on any atom is -0.303 e. The van der Waals surface area contributed by atoms with Gasteiger partial charge in [-0.3, -0.25) is 4.99 Å². The number of aliphatic imine (C=N–C) groups is 1. The number of alkyl halides is 1. The zero-order chi connectivity index (χ0) is 14.8. The second kappa shape index (κ2) is 6.31. The number of benzene rings is 1. The van der Waals surface area contributed by atoms with E-state index in [1.165, 1.54) is 6.21 Å². The van der Waals surface area contributed by atoms with Crippen molar-refractivity contribution in [2.75, 3.05) is 0 Å². The van der Waals surface area contributed by atoms with Crippen LogP contribution in [0.25, 0.3) is 0 Å². The van der Waals surface area contributed by atoms with Crippen molar-refractivity contribution in [2.45, 2.75) is 5.00 Å². The van der Waals surface area contributed by atoms with Crippen LogP contribution in [0.1, 0.15) is 5.56 Å². The Morgan fingerprint density at radius 3 is 2.45 bits per heavy atom. The Balaban J connectivity index is 2.37. The maximum atomic E-state index is 11.2. The first-order valence-corrected chi connectivity index (χ1v) is 7.17.